The number of likely N-dealkylation sites (N-methyl/N-ethyl adjacent to an activating group) is 1. The van der Waals surface area contributed by atoms with E-state index < -0.39 is 0 Å². The Balaban J connectivity index is 1.81. The summed E-state index contributed by atoms with van der Waals surface area (Å²) in [6, 6.07) is 8.72. The van der Waals surface area contributed by atoms with Crippen molar-refractivity contribution in [3.05, 3.63) is 24.3 Å². The number of rotatable bonds is 5. The van der Waals surface area contributed by atoms with Gasteiger partial charge in [0.1, 0.15) is 0 Å². The summed E-state index contributed by atoms with van der Waals surface area (Å²) in [4.78, 5) is 4.85. The zero-order chi connectivity index (χ0) is 14.6. The van der Waals surface area contributed by atoms with Crippen LogP contribution in [0.1, 0.15) is 27.2 Å². The van der Waals surface area contributed by atoms with Crippen LogP contribution in [0.4, 0.5) is 11.4 Å². The van der Waals surface area contributed by atoms with Crippen molar-refractivity contribution < 1.29 is 0 Å². The fraction of sp³-hybridized carbons (Fsp3) is 0.647. The SMILES string of the molecule is CN1CCN(CCNCCC(C)(C)C)c2ccccc21. The highest BCUT2D eigenvalue weighted by Crippen LogP contribution is 2.31. The van der Waals surface area contributed by atoms with Crippen molar-refractivity contribution in [1.82, 2.24) is 5.32 Å². The van der Waals surface area contributed by atoms with Gasteiger partial charge in [0.2, 0.25) is 0 Å². The van der Waals surface area contributed by atoms with Gasteiger partial charge in [-0.15, -0.1) is 0 Å². The van der Waals surface area contributed by atoms with E-state index in [2.05, 4.69) is 67.2 Å². The van der Waals surface area contributed by atoms with Crippen LogP contribution >= 0.6 is 0 Å². The molecule has 1 heterocycles. The predicted molar refractivity (Wildman–Crippen MR) is 88.9 cm³/mol. The molecule has 0 fully saturated rings. The average Bonchev–Trinajstić information content (AvgIpc) is 2.40. The van der Waals surface area contributed by atoms with Crippen LogP contribution in [-0.2, 0) is 0 Å². The second kappa shape index (κ2) is 6.49. The molecule has 112 valence electrons. The normalized spacial score (nSPS) is 15.4. The van der Waals surface area contributed by atoms with Crippen LogP contribution in [0.3, 0.4) is 0 Å². The van der Waals surface area contributed by atoms with Crippen LogP contribution in [-0.4, -0.2) is 39.8 Å². The summed E-state index contributed by atoms with van der Waals surface area (Å²) in [5, 5.41) is 3.58. The first-order valence-corrected chi connectivity index (χ1v) is 7.73. The van der Waals surface area contributed by atoms with E-state index in [1.165, 1.54) is 17.8 Å². The van der Waals surface area contributed by atoms with E-state index in [0.29, 0.717) is 5.41 Å². The van der Waals surface area contributed by atoms with Crippen molar-refractivity contribution in [1.29, 1.82) is 0 Å². The molecule has 1 aromatic rings. The first kappa shape index (κ1) is 15.2. The molecular formula is C17H29N3. The molecule has 2 rings (SSSR count). The first-order valence-electron chi connectivity index (χ1n) is 7.73. The molecule has 0 spiro atoms. The molecule has 0 aromatic heterocycles. The summed E-state index contributed by atoms with van der Waals surface area (Å²) in [6.45, 7) is 12.4. The number of hydrogen-bond acceptors (Lipinski definition) is 3. The highest BCUT2D eigenvalue weighted by Gasteiger charge is 2.19. The van der Waals surface area contributed by atoms with Gasteiger partial charge >= 0.3 is 0 Å². The number of fused-ring (bicyclic) bond motifs is 1. The number of anilines is 2. The van der Waals surface area contributed by atoms with Crippen LogP contribution in [0.2, 0.25) is 0 Å². The maximum atomic E-state index is 3.58. The van der Waals surface area contributed by atoms with Crippen molar-refractivity contribution in [2.24, 2.45) is 5.41 Å². The van der Waals surface area contributed by atoms with Gasteiger partial charge in [-0.25, -0.2) is 0 Å². The van der Waals surface area contributed by atoms with Gasteiger partial charge in [0.25, 0.3) is 0 Å². The van der Waals surface area contributed by atoms with Gasteiger partial charge in [-0.1, -0.05) is 32.9 Å². The topological polar surface area (TPSA) is 18.5 Å². The molecule has 0 saturated heterocycles. The number of para-hydroxylation sites is 2. The molecule has 0 saturated carbocycles. The third kappa shape index (κ3) is 4.14. The Hall–Kier alpha value is -1.22. The van der Waals surface area contributed by atoms with E-state index in [1.807, 2.05) is 0 Å². The van der Waals surface area contributed by atoms with E-state index in [1.54, 1.807) is 0 Å². The maximum absolute atomic E-state index is 3.58. The van der Waals surface area contributed by atoms with E-state index in [4.69, 9.17) is 0 Å². The van der Waals surface area contributed by atoms with Crippen LogP contribution < -0.4 is 15.1 Å². The zero-order valence-corrected chi connectivity index (χ0v) is 13.4. The lowest BCUT2D eigenvalue weighted by Gasteiger charge is -2.37. The summed E-state index contributed by atoms with van der Waals surface area (Å²) in [5.74, 6) is 0. The van der Waals surface area contributed by atoms with Crippen molar-refractivity contribution in [2.45, 2.75) is 27.2 Å². The smallest absolute Gasteiger partial charge is 0.0605 e. The fourth-order valence-corrected chi connectivity index (χ4v) is 2.60. The maximum Gasteiger partial charge on any atom is 0.0605 e. The van der Waals surface area contributed by atoms with Crippen LogP contribution in [0.15, 0.2) is 24.3 Å². The van der Waals surface area contributed by atoms with E-state index in [-0.39, 0.29) is 0 Å². The Labute approximate surface area is 124 Å². The molecule has 0 radical (unpaired) electrons. The Morgan fingerprint density at radius 1 is 1.05 bits per heavy atom. The van der Waals surface area contributed by atoms with Gasteiger partial charge in [0.15, 0.2) is 0 Å². The van der Waals surface area contributed by atoms with Crippen molar-refractivity contribution in [3.63, 3.8) is 0 Å². The number of benzene rings is 1. The second-order valence-corrected chi connectivity index (χ2v) is 6.96. The molecule has 0 amide bonds. The van der Waals surface area contributed by atoms with Gasteiger partial charge in [-0.3, -0.25) is 0 Å². The van der Waals surface area contributed by atoms with Gasteiger partial charge in [0.05, 0.1) is 11.4 Å². The lowest BCUT2D eigenvalue weighted by atomic mass is 9.92. The minimum atomic E-state index is 0.424. The monoisotopic (exact) mass is 275 g/mol. The van der Waals surface area contributed by atoms with Gasteiger partial charge in [-0.2, -0.15) is 0 Å². The molecule has 0 unspecified atom stereocenters. The van der Waals surface area contributed by atoms with E-state index >= 15 is 0 Å². The van der Waals surface area contributed by atoms with Gasteiger partial charge in [-0.05, 0) is 30.5 Å². The highest BCUT2D eigenvalue weighted by atomic mass is 15.3. The third-order valence-corrected chi connectivity index (χ3v) is 3.95. The molecule has 3 nitrogen and oxygen atoms in total. The van der Waals surface area contributed by atoms with Crippen LogP contribution in [0.5, 0.6) is 0 Å². The lowest BCUT2D eigenvalue weighted by Crippen LogP contribution is -2.42. The van der Waals surface area contributed by atoms with Crippen LogP contribution in [0.25, 0.3) is 0 Å². The molecule has 0 atom stereocenters. The molecule has 1 aliphatic heterocycles. The lowest BCUT2D eigenvalue weighted by molar-refractivity contribution is 0.368. The van der Waals surface area contributed by atoms with Crippen molar-refractivity contribution in [3.8, 4) is 0 Å². The molecule has 1 aliphatic rings. The Bertz CT molecular complexity index is 422. The second-order valence-electron chi connectivity index (χ2n) is 6.96. The Kier molecular flexibility index (Phi) is 4.92. The van der Waals surface area contributed by atoms with Gasteiger partial charge < -0.3 is 15.1 Å². The third-order valence-electron chi connectivity index (χ3n) is 3.95. The standard InChI is InChI=1S/C17H29N3/c1-17(2,3)9-10-18-11-12-20-14-13-19(4)15-7-5-6-8-16(15)20/h5-8,18H,9-14H2,1-4H3. The van der Waals surface area contributed by atoms with Gasteiger partial charge in [0, 0.05) is 33.2 Å². The summed E-state index contributed by atoms with van der Waals surface area (Å²) in [7, 11) is 2.18. The minimum absolute atomic E-state index is 0.424. The summed E-state index contributed by atoms with van der Waals surface area (Å²) in [6.07, 6.45) is 1.23. The van der Waals surface area contributed by atoms with Crippen molar-refractivity contribution in [2.75, 3.05) is 49.6 Å². The van der Waals surface area contributed by atoms with E-state index in [0.717, 1.165) is 32.7 Å². The Morgan fingerprint density at radius 3 is 2.45 bits per heavy atom. The highest BCUT2D eigenvalue weighted by molar-refractivity contribution is 5.73. The fourth-order valence-electron chi connectivity index (χ4n) is 2.60. The van der Waals surface area contributed by atoms with Crippen molar-refractivity contribution >= 4 is 11.4 Å². The summed E-state index contributed by atoms with van der Waals surface area (Å²) < 4.78 is 0. The number of hydrogen-bond donors (Lipinski definition) is 1. The molecule has 0 aliphatic carbocycles. The number of nitrogens with one attached hydrogen (secondary N) is 1. The molecule has 3 heteroatoms. The molecule has 1 N–H and O–H groups in total. The Morgan fingerprint density at radius 2 is 1.75 bits per heavy atom. The van der Waals surface area contributed by atoms with Crippen LogP contribution in [0, 0.1) is 5.41 Å². The first-order chi connectivity index (χ1) is 9.47. The van der Waals surface area contributed by atoms with E-state index in [9.17, 15) is 0 Å². The average molecular weight is 275 g/mol. The molecule has 1 aromatic carbocycles. The zero-order valence-electron chi connectivity index (χ0n) is 13.4. The predicted octanol–water partition coefficient (Wildman–Crippen LogP) is 2.97. The largest absolute Gasteiger partial charge is 0.371 e. The number of nitrogens with zero attached hydrogens (tertiary/aromatic N) is 2. The summed E-state index contributed by atoms with van der Waals surface area (Å²) in [5.41, 5.74) is 3.15. The molecular weight excluding hydrogens is 246 g/mol. The summed E-state index contributed by atoms with van der Waals surface area (Å²) >= 11 is 0. The minimum Gasteiger partial charge on any atom is -0.371 e. The molecule has 20 heavy (non-hydrogen) atoms. The molecule has 0 bridgehead atoms. The quantitative estimate of drug-likeness (QED) is 0.834.